The zero-order valence-corrected chi connectivity index (χ0v) is 20.0. The van der Waals surface area contributed by atoms with Crippen molar-refractivity contribution in [2.45, 2.75) is 84.3 Å². The molecule has 2 N–H and O–H groups in total. The van der Waals surface area contributed by atoms with Crippen LogP contribution in [-0.2, 0) is 19.1 Å². The second-order valence-electron chi connectivity index (χ2n) is 9.87. The number of likely N-dealkylation sites (tertiary alicyclic amines) is 1. The van der Waals surface area contributed by atoms with E-state index in [4.69, 9.17) is 4.74 Å². The van der Waals surface area contributed by atoms with Crippen LogP contribution in [0.2, 0.25) is 0 Å². The highest BCUT2D eigenvalue weighted by atomic mass is 16.5. The van der Waals surface area contributed by atoms with Crippen molar-refractivity contribution in [2.24, 2.45) is 29.6 Å². The predicted molar refractivity (Wildman–Crippen MR) is 121 cm³/mol. The number of aliphatic hydroxyl groups is 1. The van der Waals surface area contributed by atoms with Gasteiger partial charge in [-0.3, -0.25) is 14.4 Å². The fraction of sp³-hybridized carbons (Fsp3) is 0.800. The lowest BCUT2D eigenvalue weighted by Gasteiger charge is -2.36. The molecule has 0 spiro atoms. The van der Waals surface area contributed by atoms with Gasteiger partial charge in [-0.1, -0.05) is 52.2 Å². The van der Waals surface area contributed by atoms with Gasteiger partial charge in [-0.05, 0) is 38.0 Å². The first-order valence-corrected chi connectivity index (χ1v) is 12.4. The van der Waals surface area contributed by atoms with Gasteiger partial charge in [0.25, 0.3) is 0 Å². The molecule has 0 aromatic heterocycles. The molecule has 0 aromatic carbocycles. The molecule has 0 bridgehead atoms. The molecule has 2 amide bonds. The minimum absolute atomic E-state index is 0.0268. The van der Waals surface area contributed by atoms with Crippen LogP contribution in [-0.4, -0.2) is 59.1 Å². The van der Waals surface area contributed by atoms with E-state index in [9.17, 15) is 19.5 Å². The molecule has 0 unspecified atom stereocenters. The van der Waals surface area contributed by atoms with E-state index in [1.54, 1.807) is 11.8 Å². The van der Waals surface area contributed by atoms with E-state index in [2.05, 4.69) is 5.32 Å². The summed E-state index contributed by atoms with van der Waals surface area (Å²) in [6.45, 7) is 7.68. The van der Waals surface area contributed by atoms with Gasteiger partial charge in [0.15, 0.2) is 0 Å². The second kappa shape index (κ2) is 10.8. The molecule has 180 valence electrons. The summed E-state index contributed by atoms with van der Waals surface area (Å²) in [7, 11) is 0. The minimum Gasteiger partial charge on any atom is -0.466 e. The Morgan fingerprint density at radius 3 is 2.44 bits per heavy atom. The molecule has 2 fully saturated rings. The fourth-order valence-electron chi connectivity index (χ4n) is 5.90. The van der Waals surface area contributed by atoms with Crippen LogP contribution in [0.4, 0.5) is 0 Å². The Bertz CT molecular complexity index is 715. The molecule has 1 heterocycles. The molecule has 1 saturated heterocycles. The lowest BCUT2D eigenvalue weighted by atomic mass is 9.69. The van der Waals surface area contributed by atoms with Crippen molar-refractivity contribution in [1.82, 2.24) is 10.2 Å². The van der Waals surface area contributed by atoms with Crippen LogP contribution in [0.15, 0.2) is 12.2 Å². The van der Waals surface area contributed by atoms with E-state index in [1.165, 1.54) is 6.42 Å². The van der Waals surface area contributed by atoms with Gasteiger partial charge in [-0.15, -0.1) is 0 Å². The summed E-state index contributed by atoms with van der Waals surface area (Å²) in [4.78, 5) is 42.0. The van der Waals surface area contributed by atoms with Crippen molar-refractivity contribution in [3.63, 3.8) is 0 Å². The summed E-state index contributed by atoms with van der Waals surface area (Å²) in [5, 5.41) is 13.3. The standard InChI is InChI=1S/C25H40N2O5/c1-5-16-12-13-18-21(20(16)25(31)32-6-2)24(30)27(19(14-28)15(3)4)22(18)23(29)26-17-10-8-7-9-11-17/h12-13,15-22,28H,5-11,14H2,1-4H3,(H,26,29)/t16-,18+,19+,20-,21-,22+/m1/s1. The molecular weight excluding hydrogens is 408 g/mol. The molecular formula is C25H40N2O5. The first-order valence-electron chi connectivity index (χ1n) is 12.4. The van der Waals surface area contributed by atoms with Crippen LogP contribution >= 0.6 is 0 Å². The van der Waals surface area contributed by atoms with Crippen molar-refractivity contribution in [3.8, 4) is 0 Å². The fourth-order valence-corrected chi connectivity index (χ4v) is 5.90. The molecule has 0 aromatic rings. The number of allylic oxidation sites excluding steroid dienone is 1. The van der Waals surface area contributed by atoms with E-state index in [1.807, 2.05) is 32.9 Å². The molecule has 7 heteroatoms. The van der Waals surface area contributed by atoms with E-state index in [0.717, 1.165) is 25.7 Å². The summed E-state index contributed by atoms with van der Waals surface area (Å²) in [6.07, 6.45) is 9.95. The Labute approximate surface area is 191 Å². The number of ether oxygens (including phenoxy) is 1. The van der Waals surface area contributed by atoms with E-state index >= 15 is 0 Å². The van der Waals surface area contributed by atoms with Gasteiger partial charge in [0, 0.05) is 12.0 Å². The SMILES string of the molecule is CCOC(=O)[C@H]1[C@@H]2C(=O)N([C@@H](CO)C(C)C)[C@H](C(=O)NC3CCCCC3)[C@H]2C=C[C@H]1CC. The molecule has 3 rings (SSSR count). The molecule has 32 heavy (non-hydrogen) atoms. The van der Waals surface area contributed by atoms with Crippen molar-refractivity contribution in [2.75, 3.05) is 13.2 Å². The number of esters is 1. The van der Waals surface area contributed by atoms with Gasteiger partial charge in [-0.25, -0.2) is 0 Å². The van der Waals surface area contributed by atoms with Crippen LogP contribution in [0, 0.1) is 29.6 Å². The van der Waals surface area contributed by atoms with Crippen molar-refractivity contribution >= 4 is 17.8 Å². The molecule has 2 aliphatic carbocycles. The first-order chi connectivity index (χ1) is 15.3. The van der Waals surface area contributed by atoms with Crippen molar-refractivity contribution < 1.29 is 24.2 Å². The van der Waals surface area contributed by atoms with Crippen LogP contribution in [0.1, 0.15) is 66.2 Å². The van der Waals surface area contributed by atoms with E-state index in [0.29, 0.717) is 6.42 Å². The lowest BCUT2D eigenvalue weighted by molar-refractivity contribution is -0.156. The van der Waals surface area contributed by atoms with Gasteiger partial charge in [0.1, 0.15) is 6.04 Å². The molecule has 7 nitrogen and oxygen atoms in total. The number of hydrogen-bond donors (Lipinski definition) is 2. The Balaban J connectivity index is 1.98. The van der Waals surface area contributed by atoms with E-state index < -0.39 is 29.8 Å². The van der Waals surface area contributed by atoms with E-state index in [-0.39, 0.29) is 48.9 Å². The summed E-state index contributed by atoms with van der Waals surface area (Å²) in [6, 6.07) is -1.08. The maximum atomic E-state index is 13.8. The van der Waals surface area contributed by atoms with Crippen molar-refractivity contribution in [1.29, 1.82) is 0 Å². The normalized spacial score (nSPS) is 31.5. The summed E-state index contributed by atoms with van der Waals surface area (Å²) in [5.41, 5.74) is 0. The number of carbonyl (C=O) groups excluding carboxylic acids is 3. The molecule has 6 atom stereocenters. The largest absolute Gasteiger partial charge is 0.466 e. The average Bonchev–Trinajstić information content (AvgIpc) is 3.06. The molecule has 1 saturated carbocycles. The lowest BCUT2D eigenvalue weighted by Crippen LogP contribution is -2.55. The first kappa shape index (κ1) is 24.7. The highest BCUT2D eigenvalue weighted by Crippen LogP contribution is 2.46. The highest BCUT2D eigenvalue weighted by molar-refractivity contribution is 5.96. The van der Waals surface area contributed by atoms with Gasteiger partial charge in [-0.2, -0.15) is 0 Å². The monoisotopic (exact) mass is 448 g/mol. The smallest absolute Gasteiger partial charge is 0.310 e. The maximum absolute atomic E-state index is 13.8. The van der Waals surface area contributed by atoms with Crippen LogP contribution in [0.25, 0.3) is 0 Å². The van der Waals surface area contributed by atoms with Crippen molar-refractivity contribution in [3.05, 3.63) is 12.2 Å². The number of nitrogens with zero attached hydrogens (tertiary/aromatic N) is 1. The molecule has 0 radical (unpaired) electrons. The maximum Gasteiger partial charge on any atom is 0.310 e. The minimum atomic E-state index is -0.722. The number of nitrogens with one attached hydrogen (secondary N) is 1. The number of hydrogen-bond acceptors (Lipinski definition) is 5. The van der Waals surface area contributed by atoms with Crippen LogP contribution in [0.3, 0.4) is 0 Å². The topological polar surface area (TPSA) is 95.9 Å². The van der Waals surface area contributed by atoms with Crippen LogP contribution < -0.4 is 5.32 Å². The zero-order chi connectivity index (χ0) is 23.4. The zero-order valence-electron chi connectivity index (χ0n) is 20.0. The number of rotatable bonds is 8. The predicted octanol–water partition coefficient (Wildman–Crippen LogP) is 2.67. The third kappa shape index (κ3) is 4.73. The van der Waals surface area contributed by atoms with Gasteiger partial charge in [0.2, 0.25) is 11.8 Å². The Morgan fingerprint density at radius 2 is 1.88 bits per heavy atom. The number of fused-ring (bicyclic) bond motifs is 1. The second-order valence-corrected chi connectivity index (χ2v) is 9.87. The van der Waals surface area contributed by atoms with Gasteiger partial charge >= 0.3 is 5.97 Å². The van der Waals surface area contributed by atoms with Gasteiger partial charge < -0.3 is 20.1 Å². The Morgan fingerprint density at radius 1 is 1.19 bits per heavy atom. The highest BCUT2D eigenvalue weighted by Gasteiger charge is 2.59. The quantitative estimate of drug-likeness (QED) is 0.440. The van der Waals surface area contributed by atoms with Crippen LogP contribution in [0.5, 0.6) is 0 Å². The Hall–Kier alpha value is -1.89. The number of amides is 2. The molecule has 3 aliphatic rings. The average molecular weight is 449 g/mol. The third-order valence-electron chi connectivity index (χ3n) is 7.61. The third-order valence-corrected chi connectivity index (χ3v) is 7.61. The summed E-state index contributed by atoms with van der Waals surface area (Å²) < 4.78 is 5.36. The number of aliphatic hydroxyl groups excluding tert-OH is 1. The summed E-state index contributed by atoms with van der Waals surface area (Å²) >= 11 is 0. The Kier molecular flexibility index (Phi) is 8.37. The van der Waals surface area contributed by atoms with Gasteiger partial charge in [0.05, 0.1) is 31.1 Å². The summed E-state index contributed by atoms with van der Waals surface area (Å²) in [5.74, 6) is -2.54. The number of carbonyl (C=O) groups is 3. The molecule has 1 aliphatic heterocycles.